The molecule has 150 valence electrons. The summed E-state index contributed by atoms with van der Waals surface area (Å²) < 4.78 is 42.8. The summed E-state index contributed by atoms with van der Waals surface area (Å²) in [4.78, 5) is 8.46. The first kappa shape index (κ1) is 19.9. The highest BCUT2D eigenvalue weighted by Gasteiger charge is 2.31. The zero-order valence-electron chi connectivity index (χ0n) is 15.5. The smallest absolute Gasteiger partial charge is 0.406 e. The highest BCUT2D eigenvalue weighted by molar-refractivity contribution is 5.86. The number of aromatic nitrogens is 4. The van der Waals surface area contributed by atoms with E-state index < -0.39 is 12.1 Å². The van der Waals surface area contributed by atoms with Crippen molar-refractivity contribution >= 4 is 16.9 Å². The predicted octanol–water partition coefficient (Wildman–Crippen LogP) is 5.25. The fourth-order valence-electron chi connectivity index (χ4n) is 3.20. The summed E-state index contributed by atoms with van der Waals surface area (Å²) in [6, 6.07) is 0.366. The van der Waals surface area contributed by atoms with E-state index in [1.54, 1.807) is 6.92 Å². The van der Waals surface area contributed by atoms with Crippen LogP contribution in [0.3, 0.4) is 0 Å². The minimum absolute atomic E-state index is 0.366. The molecular formula is C19H22F3N5O. The average molecular weight is 393 g/mol. The number of nitrogens with zero attached hydrogens (tertiary/aromatic N) is 4. The molecule has 0 radical (unpaired) electrons. The van der Waals surface area contributed by atoms with Gasteiger partial charge in [0, 0.05) is 11.9 Å². The summed E-state index contributed by atoms with van der Waals surface area (Å²) in [7, 11) is 0. The number of fused-ring (bicyclic) bond motifs is 1. The Morgan fingerprint density at radius 2 is 2.00 bits per heavy atom. The van der Waals surface area contributed by atoms with E-state index in [9.17, 15) is 13.2 Å². The lowest BCUT2D eigenvalue weighted by Crippen LogP contribution is -2.12. The molecule has 1 saturated carbocycles. The molecule has 0 spiro atoms. The second kappa shape index (κ2) is 8.45. The number of hydrogen-bond donors (Lipinski definition) is 1. The van der Waals surface area contributed by atoms with Crippen molar-refractivity contribution in [3.63, 3.8) is 0 Å². The molecule has 1 aliphatic rings. The SMILES string of the molecule is C=C/C(=C\C=C(/C)Nc1ncnc2nn(C3CCCCC3)cc12)OC(F)(F)F. The molecule has 2 aromatic heterocycles. The molecule has 3 rings (SSSR count). The molecule has 0 aromatic carbocycles. The number of ether oxygens (including phenoxy) is 1. The fourth-order valence-corrected chi connectivity index (χ4v) is 3.20. The van der Waals surface area contributed by atoms with Crippen molar-refractivity contribution in [1.82, 2.24) is 19.7 Å². The van der Waals surface area contributed by atoms with Crippen molar-refractivity contribution in [2.75, 3.05) is 5.32 Å². The predicted molar refractivity (Wildman–Crippen MR) is 100 cm³/mol. The van der Waals surface area contributed by atoms with Crippen LogP contribution in [-0.2, 0) is 4.74 Å². The lowest BCUT2D eigenvalue weighted by Gasteiger charge is -2.21. The molecule has 1 fully saturated rings. The van der Waals surface area contributed by atoms with Crippen LogP contribution in [0.25, 0.3) is 11.0 Å². The van der Waals surface area contributed by atoms with Crippen LogP contribution in [0, 0.1) is 0 Å². The van der Waals surface area contributed by atoms with E-state index in [0.717, 1.165) is 24.3 Å². The Balaban J connectivity index is 1.79. The number of rotatable bonds is 6. The van der Waals surface area contributed by atoms with Gasteiger partial charge in [-0.2, -0.15) is 5.10 Å². The lowest BCUT2D eigenvalue weighted by atomic mass is 9.96. The number of alkyl halides is 3. The Kier molecular flexibility index (Phi) is 6.01. The number of anilines is 1. The van der Waals surface area contributed by atoms with Crippen LogP contribution in [0.4, 0.5) is 19.0 Å². The highest BCUT2D eigenvalue weighted by Crippen LogP contribution is 2.30. The molecule has 2 heterocycles. The molecule has 0 unspecified atom stereocenters. The van der Waals surface area contributed by atoms with Crippen LogP contribution in [0.5, 0.6) is 0 Å². The number of allylic oxidation sites excluding steroid dienone is 4. The Labute approximate surface area is 160 Å². The van der Waals surface area contributed by atoms with Crippen LogP contribution in [-0.4, -0.2) is 26.1 Å². The van der Waals surface area contributed by atoms with Crippen LogP contribution in [0.2, 0.25) is 0 Å². The van der Waals surface area contributed by atoms with Crippen LogP contribution >= 0.6 is 0 Å². The summed E-state index contributed by atoms with van der Waals surface area (Å²) in [5, 5.41) is 8.42. The molecule has 9 heteroatoms. The second-order valence-corrected chi connectivity index (χ2v) is 6.66. The lowest BCUT2D eigenvalue weighted by molar-refractivity contribution is -0.303. The number of hydrogen-bond acceptors (Lipinski definition) is 5. The minimum Gasteiger partial charge on any atom is -0.406 e. The molecule has 0 bridgehead atoms. The van der Waals surface area contributed by atoms with Gasteiger partial charge in [0.25, 0.3) is 0 Å². The zero-order chi connectivity index (χ0) is 20.1. The third-order valence-corrected chi connectivity index (χ3v) is 4.53. The van der Waals surface area contributed by atoms with E-state index in [1.165, 1.54) is 37.7 Å². The molecule has 6 nitrogen and oxygen atoms in total. The van der Waals surface area contributed by atoms with E-state index in [2.05, 4.69) is 31.7 Å². The summed E-state index contributed by atoms with van der Waals surface area (Å²) >= 11 is 0. The standard InChI is InChI=1S/C19H22F3N5O/c1-3-15(28-19(20,21)22)10-9-13(2)25-17-16-11-27(14-7-5-4-6-8-14)26-18(16)24-12-23-17/h3,9-12,14H,1,4-8H2,2H3,(H,23,24,25,26)/b13-9+,15-10+. The van der Waals surface area contributed by atoms with E-state index in [0.29, 0.717) is 23.2 Å². The monoisotopic (exact) mass is 393 g/mol. The van der Waals surface area contributed by atoms with Gasteiger partial charge in [-0.25, -0.2) is 9.97 Å². The van der Waals surface area contributed by atoms with Crippen molar-refractivity contribution in [3.05, 3.63) is 48.8 Å². The van der Waals surface area contributed by atoms with E-state index in [4.69, 9.17) is 0 Å². The van der Waals surface area contributed by atoms with Gasteiger partial charge in [0.2, 0.25) is 0 Å². The minimum atomic E-state index is -4.76. The molecule has 2 aromatic rings. The van der Waals surface area contributed by atoms with Crippen molar-refractivity contribution < 1.29 is 17.9 Å². The average Bonchev–Trinajstić information content (AvgIpc) is 3.10. The maximum atomic E-state index is 12.3. The zero-order valence-corrected chi connectivity index (χ0v) is 15.5. The Hall–Kier alpha value is -2.84. The van der Waals surface area contributed by atoms with Crippen molar-refractivity contribution in [2.45, 2.75) is 51.4 Å². The third-order valence-electron chi connectivity index (χ3n) is 4.53. The van der Waals surface area contributed by atoms with Gasteiger partial charge in [0.1, 0.15) is 17.9 Å². The van der Waals surface area contributed by atoms with Gasteiger partial charge in [-0.15, -0.1) is 13.2 Å². The third kappa shape index (κ3) is 5.11. The van der Waals surface area contributed by atoms with Gasteiger partial charge in [-0.1, -0.05) is 25.8 Å². The molecule has 0 amide bonds. The van der Waals surface area contributed by atoms with Gasteiger partial charge in [-0.3, -0.25) is 4.68 Å². The van der Waals surface area contributed by atoms with Crippen molar-refractivity contribution in [3.8, 4) is 0 Å². The van der Waals surface area contributed by atoms with E-state index in [1.807, 2.05) is 10.9 Å². The Morgan fingerprint density at radius 3 is 2.68 bits per heavy atom. The quantitative estimate of drug-likeness (QED) is 0.536. The largest absolute Gasteiger partial charge is 0.573 e. The van der Waals surface area contributed by atoms with Gasteiger partial charge in [0.05, 0.1) is 11.4 Å². The maximum Gasteiger partial charge on any atom is 0.573 e. The molecule has 0 aliphatic heterocycles. The molecule has 0 saturated heterocycles. The fraction of sp³-hybridized carbons (Fsp3) is 0.421. The molecule has 1 aliphatic carbocycles. The highest BCUT2D eigenvalue weighted by atomic mass is 19.4. The first-order valence-corrected chi connectivity index (χ1v) is 9.09. The van der Waals surface area contributed by atoms with Crippen molar-refractivity contribution in [1.29, 1.82) is 0 Å². The Bertz CT molecular complexity index is 895. The number of halogens is 3. The summed E-state index contributed by atoms with van der Waals surface area (Å²) in [6.45, 7) is 5.03. The van der Waals surface area contributed by atoms with Crippen molar-refractivity contribution in [2.24, 2.45) is 0 Å². The topological polar surface area (TPSA) is 64.9 Å². The summed E-state index contributed by atoms with van der Waals surface area (Å²) in [5.41, 5.74) is 1.16. The van der Waals surface area contributed by atoms with Gasteiger partial charge >= 0.3 is 6.36 Å². The van der Waals surface area contributed by atoms with Crippen LogP contribution < -0.4 is 5.32 Å². The van der Waals surface area contributed by atoms with Gasteiger partial charge in [0.15, 0.2) is 5.65 Å². The van der Waals surface area contributed by atoms with Crippen LogP contribution in [0.15, 0.2) is 48.8 Å². The van der Waals surface area contributed by atoms with Gasteiger partial charge in [-0.05, 0) is 38.0 Å². The normalized spacial score (nSPS) is 17.0. The second-order valence-electron chi connectivity index (χ2n) is 6.66. The molecule has 28 heavy (non-hydrogen) atoms. The van der Waals surface area contributed by atoms with Gasteiger partial charge < -0.3 is 10.1 Å². The summed E-state index contributed by atoms with van der Waals surface area (Å²) in [5.74, 6) is 0.151. The van der Waals surface area contributed by atoms with Crippen LogP contribution in [0.1, 0.15) is 45.1 Å². The maximum absolute atomic E-state index is 12.3. The summed E-state index contributed by atoms with van der Waals surface area (Å²) in [6.07, 6.45) is 8.05. The Morgan fingerprint density at radius 1 is 1.25 bits per heavy atom. The molecule has 0 atom stereocenters. The first-order valence-electron chi connectivity index (χ1n) is 9.09. The molecule has 1 N–H and O–H groups in total. The number of nitrogens with one attached hydrogen (secondary N) is 1. The van der Waals surface area contributed by atoms with E-state index in [-0.39, 0.29) is 0 Å². The first-order chi connectivity index (χ1) is 13.4. The molecular weight excluding hydrogens is 371 g/mol. The van der Waals surface area contributed by atoms with E-state index >= 15 is 0 Å².